The lowest BCUT2D eigenvalue weighted by Gasteiger charge is -2.36. The van der Waals surface area contributed by atoms with Crippen molar-refractivity contribution in [1.82, 2.24) is 20.3 Å². The number of halogens is 1. The van der Waals surface area contributed by atoms with Crippen molar-refractivity contribution in [3.63, 3.8) is 0 Å². The molecule has 0 bridgehead atoms. The lowest BCUT2D eigenvalue weighted by molar-refractivity contribution is 0.0943. The lowest BCUT2D eigenvalue weighted by atomic mass is 9.93. The van der Waals surface area contributed by atoms with Gasteiger partial charge in [-0.1, -0.05) is 66.9 Å². The van der Waals surface area contributed by atoms with E-state index in [0.717, 1.165) is 44.2 Å². The van der Waals surface area contributed by atoms with Crippen molar-refractivity contribution in [2.45, 2.75) is 64.1 Å². The molecule has 1 amide bonds. The van der Waals surface area contributed by atoms with E-state index in [-0.39, 0.29) is 23.3 Å². The number of hydrogen-bond acceptors (Lipinski definition) is 6. The van der Waals surface area contributed by atoms with Crippen molar-refractivity contribution in [1.29, 1.82) is 5.26 Å². The minimum atomic E-state index is -0.246. The second kappa shape index (κ2) is 11.7. The maximum atomic E-state index is 13.2. The topological polar surface area (TPSA) is 85.2 Å². The molecule has 192 valence electrons. The zero-order valence-corrected chi connectivity index (χ0v) is 22.4. The third kappa shape index (κ3) is 6.65. The van der Waals surface area contributed by atoms with Crippen molar-refractivity contribution in [3.8, 4) is 6.07 Å². The molecule has 0 radical (unpaired) electrons. The second-order valence-corrected chi connectivity index (χ2v) is 10.7. The number of nitrogens with zero attached hydrogens (tertiary/aromatic N) is 5. The number of hydrazine groups is 1. The van der Waals surface area contributed by atoms with Gasteiger partial charge in [-0.25, -0.2) is 4.98 Å². The predicted molar refractivity (Wildman–Crippen MR) is 146 cm³/mol. The van der Waals surface area contributed by atoms with Gasteiger partial charge >= 0.3 is 0 Å². The van der Waals surface area contributed by atoms with Crippen LogP contribution in [0.5, 0.6) is 0 Å². The Morgan fingerprint density at radius 3 is 2.43 bits per heavy atom. The van der Waals surface area contributed by atoms with Crippen LogP contribution >= 0.6 is 11.6 Å². The van der Waals surface area contributed by atoms with E-state index in [1.165, 1.54) is 11.8 Å². The lowest BCUT2D eigenvalue weighted by Crippen LogP contribution is -2.48. The first kappa shape index (κ1) is 26.6. The molecule has 2 aromatic carbocycles. The Balaban J connectivity index is 1.45. The highest BCUT2D eigenvalue weighted by atomic mass is 35.5. The number of nitriles is 1. The zero-order valence-electron chi connectivity index (χ0n) is 21.6. The minimum Gasteiger partial charge on any atom is -0.297 e. The van der Waals surface area contributed by atoms with Crippen molar-refractivity contribution >= 4 is 23.3 Å². The molecule has 37 heavy (non-hydrogen) atoms. The third-order valence-electron chi connectivity index (χ3n) is 7.11. The monoisotopic (exact) mass is 516 g/mol. The summed E-state index contributed by atoms with van der Waals surface area (Å²) in [6, 6.07) is 20.2. The van der Waals surface area contributed by atoms with Crippen LogP contribution in [-0.2, 0) is 13.0 Å². The number of likely N-dealkylation sites (N-methyl/N-ethyl adjacent to an activating group) is 1. The number of benzene rings is 2. The average Bonchev–Trinajstić information content (AvgIpc) is 3.43. The van der Waals surface area contributed by atoms with E-state index in [9.17, 15) is 10.1 Å². The van der Waals surface area contributed by atoms with Crippen molar-refractivity contribution in [2.24, 2.45) is 0 Å². The van der Waals surface area contributed by atoms with Crippen molar-refractivity contribution in [2.75, 3.05) is 12.1 Å². The standard InChI is InChI=1S/C29H33ClN6O/c1-29(2,17-21-9-5-4-6-10-21)35(3)20-22-13-15-23(16-14-22)28(37)34-36(24-11-7-8-12-24)27-25(30)19-32-26(18-31)33-27/h4-6,9-10,13-16,19,24H,7-8,11-12,17,20H2,1-3H3,(H,34,37). The molecule has 1 saturated carbocycles. The number of hydrogen-bond donors (Lipinski definition) is 1. The summed E-state index contributed by atoms with van der Waals surface area (Å²) < 4.78 is 0. The normalized spacial score (nSPS) is 13.9. The van der Waals surface area contributed by atoms with E-state index in [1.807, 2.05) is 36.4 Å². The quantitative estimate of drug-likeness (QED) is 0.375. The Kier molecular flexibility index (Phi) is 8.42. The van der Waals surface area contributed by atoms with Crippen LogP contribution in [0.25, 0.3) is 0 Å². The Morgan fingerprint density at radius 2 is 1.78 bits per heavy atom. The van der Waals surface area contributed by atoms with Crippen LogP contribution in [0.3, 0.4) is 0 Å². The molecule has 7 nitrogen and oxygen atoms in total. The number of anilines is 1. The molecule has 0 unspecified atom stereocenters. The van der Waals surface area contributed by atoms with E-state index in [4.69, 9.17) is 11.6 Å². The van der Waals surface area contributed by atoms with Gasteiger partial charge < -0.3 is 0 Å². The molecule has 1 aromatic heterocycles. The van der Waals surface area contributed by atoms with Crippen LogP contribution in [0.4, 0.5) is 5.82 Å². The highest BCUT2D eigenvalue weighted by molar-refractivity contribution is 6.32. The van der Waals surface area contributed by atoms with Crippen molar-refractivity contribution < 1.29 is 4.79 Å². The molecular weight excluding hydrogens is 484 g/mol. The highest BCUT2D eigenvalue weighted by Crippen LogP contribution is 2.30. The minimum absolute atomic E-state index is 0.0142. The SMILES string of the molecule is CN(Cc1ccc(C(=O)NN(c2nc(C#N)ncc2Cl)C2CCCC2)cc1)C(C)(C)Cc1ccccc1. The molecule has 0 atom stereocenters. The Hall–Kier alpha value is -3.47. The van der Waals surface area contributed by atoms with Gasteiger partial charge in [0.05, 0.1) is 12.2 Å². The van der Waals surface area contributed by atoms with E-state index < -0.39 is 0 Å². The van der Waals surface area contributed by atoms with Crippen LogP contribution in [0.2, 0.25) is 5.02 Å². The fraction of sp³-hybridized carbons (Fsp3) is 0.379. The average molecular weight is 517 g/mol. The van der Waals surface area contributed by atoms with Crippen LogP contribution < -0.4 is 10.4 Å². The summed E-state index contributed by atoms with van der Waals surface area (Å²) in [7, 11) is 2.13. The fourth-order valence-corrected chi connectivity index (χ4v) is 4.90. The first-order chi connectivity index (χ1) is 17.8. The second-order valence-electron chi connectivity index (χ2n) is 10.3. The molecule has 1 aliphatic carbocycles. The summed E-state index contributed by atoms with van der Waals surface area (Å²) >= 11 is 6.38. The molecule has 1 aliphatic rings. The van der Waals surface area contributed by atoms with Crippen LogP contribution in [0, 0.1) is 11.3 Å². The number of aromatic nitrogens is 2. The van der Waals surface area contributed by atoms with E-state index in [0.29, 0.717) is 16.4 Å². The summed E-state index contributed by atoms with van der Waals surface area (Å²) in [5.74, 6) is 0.122. The largest absolute Gasteiger partial charge is 0.297 e. The maximum Gasteiger partial charge on any atom is 0.269 e. The molecule has 1 heterocycles. The molecule has 0 aliphatic heterocycles. The van der Waals surface area contributed by atoms with E-state index >= 15 is 0 Å². The van der Waals surface area contributed by atoms with Crippen LogP contribution in [-0.4, -0.2) is 39.4 Å². The predicted octanol–water partition coefficient (Wildman–Crippen LogP) is 5.55. The number of rotatable bonds is 9. The van der Waals surface area contributed by atoms with E-state index in [1.54, 1.807) is 5.01 Å². The fourth-order valence-electron chi connectivity index (χ4n) is 4.71. The van der Waals surface area contributed by atoms with Gasteiger partial charge in [0.2, 0.25) is 5.82 Å². The van der Waals surface area contributed by atoms with Gasteiger partial charge in [0.15, 0.2) is 5.82 Å². The van der Waals surface area contributed by atoms with Gasteiger partial charge in [-0.15, -0.1) is 0 Å². The number of carbonyl (C=O) groups excluding carboxylic acids is 1. The maximum absolute atomic E-state index is 13.2. The van der Waals surface area contributed by atoms with Crippen LogP contribution in [0.15, 0.2) is 60.8 Å². The molecule has 8 heteroatoms. The first-order valence-corrected chi connectivity index (χ1v) is 13.0. The van der Waals surface area contributed by atoms with Crippen LogP contribution in [0.1, 0.15) is 66.8 Å². The Labute approximate surface area is 224 Å². The Bertz CT molecular complexity index is 1250. The number of carbonyl (C=O) groups is 1. The summed E-state index contributed by atoms with van der Waals surface area (Å²) in [6.45, 7) is 5.26. The third-order valence-corrected chi connectivity index (χ3v) is 7.38. The highest BCUT2D eigenvalue weighted by Gasteiger charge is 2.28. The first-order valence-electron chi connectivity index (χ1n) is 12.6. The molecule has 0 saturated heterocycles. The Morgan fingerprint density at radius 1 is 1.11 bits per heavy atom. The molecule has 3 aromatic rings. The molecule has 0 spiro atoms. The van der Waals surface area contributed by atoms with E-state index in [2.05, 4.69) is 65.5 Å². The summed E-state index contributed by atoms with van der Waals surface area (Å²) in [5.41, 5.74) is 5.95. The van der Waals surface area contributed by atoms with Gasteiger partial charge in [-0.2, -0.15) is 10.2 Å². The summed E-state index contributed by atoms with van der Waals surface area (Å²) in [6.07, 6.45) is 6.29. The summed E-state index contributed by atoms with van der Waals surface area (Å²) in [4.78, 5) is 23.8. The number of amides is 1. The smallest absolute Gasteiger partial charge is 0.269 e. The molecule has 4 rings (SSSR count). The molecule has 1 fully saturated rings. The molecule has 1 N–H and O–H groups in total. The van der Waals surface area contributed by atoms with Gasteiger partial charge in [0.1, 0.15) is 11.1 Å². The zero-order chi connectivity index (χ0) is 26.4. The summed E-state index contributed by atoms with van der Waals surface area (Å²) in [5, 5.41) is 11.3. The molecular formula is C29H33ClN6O. The van der Waals surface area contributed by atoms with Crippen molar-refractivity contribution in [3.05, 3.63) is 88.3 Å². The van der Waals surface area contributed by atoms with Gasteiger partial charge in [-0.05, 0) is 63.4 Å². The van der Waals surface area contributed by atoms with Gasteiger partial charge in [0.25, 0.3) is 5.91 Å². The van der Waals surface area contributed by atoms with Gasteiger partial charge in [0, 0.05) is 17.6 Å². The number of nitrogens with one attached hydrogen (secondary N) is 1. The van der Waals surface area contributed by atoms with Gasteiger partial charge in [-0.3, -0.25) is 20.1 Å².